The first kappa shape index (κ1) is 17.5. The summed E-state index contributed by atoms with van der Waals surface area (Å²) in [4.78, 5) is 12.4. The van der Waals surface area contributed by atoms with E-state index in [1.165, 1.54) is 0 Å². The van der Waals surface area contributed by atoms with Crippen LogP contribution in [0.2, 0.25) is 0 Å². The van der Waals surface area contributed by atoms with Crippen molar-refractivity contribution in [2.24, 2.45) is 5.73 Å². The van der Waals surface area contributed by atoms with Crippen molar-refractivity contribution >= 4 is 21.8 Å². The topological polar surface area (TPSA) is 64.3 Å². The molecule has 0 bridgehead atoms. The van der Waals surface area contributed by atoms with Gasteiger partial charge in [0.1, 0.15) is 11.3 Å². The molecule has 2 aromatic rings. The Morgan fingerprint density at radius 3 is 2.61 bits per heavy atom. The van der Waals surface area contributed by atoms with Crippen molar-refractivity contribution in [3.8, 4) is 5.75 Å². The molecule has 1 amide bonds. The van der Waals surface area contributed by atoms with E-state index in [1.54, 1.807) is 14.0 Å². The van der Waals surface area contributed by atoms with Crippen molar-refractivity contribution in [1.29, 1.82) is 0 Å². The number of amides is 1. The number of rotatable bonds is 6. The van der Waals surface area contributed by atoms with E-state index >= 15 is 0 Å². The van der Waals surface area contributed by atoms with Gasteiger partial charge in [-0.05, 0) is 48.7 Å². The number of hydrogen-bond acceptors (Lipinski definition) is 3. The Labute approximate surface area is 145 Å². The Morgan fingerprint density at radius 1 is 1.26 bits per heavy atom. The van der Waals surface area contributed by atoms with Gasteiger partial charge in [-0.3, -0.25) is 4.79 Å². The number of nitrogens with two attached hydrogens (primary N) is 1. The van der Waals surface area contributed by atoms with Gasteiger partial charge in [-0.2, -0.15) is 0 Å². The molecule has 3 N–H and O–H groups in total. The van der Waals surface area contributed by atoms with Crippen LogP contribution in [-0.4, -0.2) is 19.6 Å². The zero-order valence-electron chi connectivity index (χ0n) is 13.3. The summed E-state index contributed by atoms with van der Waals surface area (Å²) in [6, 6.07) is 15.3. The number of ether oxygens (including phenoxy) is 1. The molecule has 1 atom stereocenters. The van der Waals surface area contributed by atoms with E-state index in [4.69, 9.17) is 10.5 Å². The molecule has 0 spiro atoms. The first-order chi connectivity index (χ1) is 10.9. The van der Waals surface area contributed by atoms with Crippen molar-refractivity contribution in [2.45, 2.75) is 18.9 Å². The predicted molar refractivity (Wildman–Crippen MR) is 95.4 cm³/mol. The minimum Gasteiger partial charge on any atom is -0.497 e. The molecule has 23 heavy (non-hydrogen) atoms. The van der Waals surface area contributed by atoms with Crippen molar-refractivity contribution in [2.75, 3.05) is 13.7 Å². The highest BCUT2D eigenvalue weighted by molar-refractivity contribution is 9.10. The second-order valence-corrected chi connectivity index (χ2v) is 6.48. The van der Waals surface area contributed by atoms with Gasteiger partial charge in [-0.1, -0.05) is 40.2 Å². The van der Waals surface area contributed by atoms with Crippen molar-refractivity contribution in [1.82, 2.24) is 5.32 Å². The Hall–Kier alpha value is -1.85. The average molecular weight is 377 g/mol. The SMILES string of the molecule is COc1cccc(CCNC(=O)C(C)(N)c2ccc(Br)cc2)c1. The second kappa shape index (κ2) is 7.62. The van der Waals surface area contributed by atoms with Gasteiger partial charge >= 0.3 is 0 Å². The average Bonchev–Trinajstić information content (AvgIpc) is 2.55. The lowest BCUT2D eigenvalue weighted by molar-refractivity contribution is -0.126. The minimum atomic E-state index is -1.06. The van der Waals surface area contributed by atoms with E-state index in [9.17, 15) is 4.79 Å². The summed E-state index contributed by atoms with van der Waals surface area (Å²) in [6.45, 7) is 2.24. The van der Waals surface area contributed by atoms with E-state index in [-0.39, 0.29) is 5.91 Å². The van der Waals surface area contributed by atoms with Crippen LogP contribution in [0.25, 0.3) is 0 Å². The third-order valence-electron chi connectivity index (χ3n) is 3.75. The lowest BCUT2D eigenvalue weighted by Gasteiger charge is -2.24. The van der Waals surface area contributed by atoms with E-state index in [0.29, 0.717) is 6.54 Å². The number of halogens is 1. The van der Waals surface area contributed by atoms with Gasteiger partial charge < -0.3 is 15.8 Å². The normalized spacial score (nSPS) is 13.2. The third-order valence-corrected chi connectivity index (χ3v) is 4.28. The number of benzene rings is 2. The van der Waals surface area contributed by atoms with Crippen LogP contribution in [0.1, 0.15) is 18.1 Å². The second-order valence-electron chi connectivity index (χ2n) is 5.57. The Morgan fingerprint density at radius 2 is 1.96 bits per heavy atom. The monoisotopic (exact) mass is 376 g/mol. The van der Waals surface area contributed by atoms with E-state index < -0.39 is 5.54 Å². The van der Waals surface area contributed by atoms with Crippen LogP contribution in [0, 0.1) is 0 Å². The molecule has 4 nitrogen and oxygen atoms in total. The van der Waals surface area contributed by atoms with Crippen molar-refractivity contribution in [3.63, 3.8) is 0 Å². The molecular weight excluding hydrogens is 356 g/mol. The highest BCUT2D eigenvalue weighted by Crippen LogP contribution is 2.20. The van der Waals surface area contributed by atoms with Crippen LogP contribution in [-0.2, 0) is 16.8 Å². The molecule has 1 unspecified atom stereocenters. The molecule has 122 valence electrons. The zero-order valence-corrected chi connectivity index (χ0v) is 14.9. The van der Waals surface area contributed by atoms with Crippen molar-refractivity contribution < 1.29 is 9.53 Å². The van der Waals surface area contributed by atoms with Gasteiger partial charge in [0, 0.05) is 11.0 Å². The maximum absolute atomic E-state index is 12.4. The van der Waals surface area contributed by atoms with Gasteiger partial charge in [-0.15, -0.1) is 0 Å². The van der Waals surface area contributed by atoms with Gasteiger partial charge in [0.2, 0.25) is 5.91 Å². The van der Waals surface area contributed by atoms with Gasteiger partial charge in [0.05, 0.1) is 7.11 Å². The number of carbonyl (C=O) groups excluding carboxylic acids is 1. The maximum Gasteiger partial charge on any atom is 0.244 e. The van der Waals surface area contributed by atoms with Crippen LogP contribution in [0.5, 0.6) is 5.75 Å². The lowest BCUT2D eigenvalue weighted by Crippen LogP contribution is -2.49. The van der Waals surface area contributed by atoms with Gasteiger partial charge in [0.25, 0.3) is 0 Å². The first-order valence-electron chi connectivity index (χ1n) is 7.39. The summed E-state index contributed by atoms with van der Waals surface area (Å²) >= 11 is 3.38. The van der Waals surface area contributed by atoms with Gasteiger partial charge in [0.15, 0.2) is 0 Å². The quantitative estimate of drug-likeness (QED) is 0.814. The van der Waals surface area contributed by atoms with E-state index in [2.05, 4.69) is 21.2 Å². The Kier molecular flexibility index (Phi) is 5.80. The Balaban J connectivity index is 1.94. The highest BCUT2D eigenvalue weighted by Gasteiger charge is 2.29. The molecule has 0 aliphatic heterocycles. The summed E-state index contributed by atoms with van der Waals surface area (Å²) in [6.07, 6.45) is 0.722. The molecule has 0 fully saturated rings. The zero-order chi connectivity index (χ0) is 16.9. The molecule has 5 heteroatoms. The predicted octanol–water partition coefficient (Wildman–Crippen LogP) is 2.99. The molecule has 0 radical (unpaired) electrons. The molecule has 0 saturated carbocycles. The smallest absolute Gasteiger partial charge is 0.244 e. The van der Waals surface area contributed by atoms with Gasteiger partial charge in [-0.25, -0.2) is 0 Å². The largest absolute Gasteiger partial charge is 0.497 e. The number of hydrogen-bond donors (Lipinski definition) is 2. The fourth-order valence-corrected chi connectivity index (χ4v) is 2.52. The molecule has 0 aromatic heterocycles. The summed E-state index contributed by atoms with van der Waals surface area (Å²) < 4.78 is 6.15. The van der Waals surface area contributed by atoms with Crippen molar-refractivity contribution in [3.05, 3.63) is 64.1 Å². The van der Waals surface area contributed by atoms with E-state index in [0.717, 1.165) is 27.8 Å². The molecule has 2 rings (SSSR count). The summed E-state index contributed by atoms with van der Waals surface area (Å²) in [5, 5.41) is 2.91. The standard InChI is InChI=1S/C18H21BrN2O2/c1-18(20,14-6-8-15(19)9-7-14)17(22)21-11-10-13-4-3-5-16(12-13)23-2/h3-9,12H,10-11,20H2,1-2H3,(H,21,22). The summed E-state index contributed by atoms with van der Waals surface area (Å²) in [5.74, 6) is 0.620. The molecule has 0 heterocycles. The summed E-state index contributed by atoms with van der Waals surface area (Å²) in [7, 11) is 1.64. The Bertz CT molecular complexity index is 669. The molecule has 0 aliphatic rings. The number of methoxy groups -OCH3 is 1. The number of carbonyl (C=O) groups is 1. The molecule has 2 aromatic carbocycles. The van der Waals surface area contributed by atoms with Crippen LogP contribution < -0.4 is 15.8 Å². The third kappa shape index (κ3) is 4.56. The van der Waals surface area contributed by atoms with Crippen LogP contribution in [0.15, 0.2) is 53.0 Å². The highest BCUT2D eigenvalue weighted by atomic mass is 79.9. The lowest BCUT2D eigenvalue weighted by atomic mass is 9.92. The fourth-order valence-electron chi connectivity index (χ4n) is 2.26. The minimum absolute atomic E-state index is 0.192. The van der Waals surface area contributed by atoms with Crippen LogP contribution in [0.3, 0.4) is 0 Å². The molecule has 0 saturated heterocycles. The fraction of sp³-hybridized carbons (Fsp3) is 0.278. The van der Waals surface area contributed by atoms with Crippen LogP contribution in [0.4, 0.5) is 0 Å². The van der Waals surface area contributed by atoms with E-state index in [1.807, 2.05) is 48.5 Å². The first-order valence-corrected chi connectivity index (χ1v) is 8.19. The maximum atomic E-state index is 12.4. The van der Waals surface area contributed by atoms with Crippen LogP contribution >= 0.6 is 15.9 Å². The molecular formula is C18H21BrN2O2. The summed E-state index contributed by atoms with van der Waals surface area (Å²) in [5.41, 5.74) is 7.03. The number of nitrogens with one attached hydrogen (secondary N) is 1. The molecule has 0 aliphatic carbocycles.